The lowest BCUT2D eigenvalue weighted by Gasteiger charge is -2.40. The number of nitrogens with zero attached hydrogens (tertiary/aromatic N) is 4. The molecule has 0 radical (unpaired) electrons. The van der Waals surface area contributed by atoms with Crippen LogP contribution in [0.2, 0.25) is 0 Å². The smallest absolute Gasteiger partial charge is 0.244 e. The van der Waals surface area contributed by atoms with E-state index in [-0.39, 0.29) is 12.1 Å². The van der Waals surface area contributed by atoms with Gasteiger partial charge in [0, 0.05) is 32.2 Å². The van der Waals surface area contributed by atoms with Crippen molar-refractivity contribution in [2.75, 3.05) is 26.2 Å². The average Bonchev–Trinajstić information content (AvgIpc) is 3.35. The van der Waals surface area contributed by atoms with Gasteiger partial charge in [0.25, 0.3) is 0 Å². The first-order valence-electron chi connectivity index (χ1n) is 8.76. The molecule has 2 aliphatic rings. The topological polar surface area (TPSA) is 65.6 Å². The Morgan fingerprint density at radius 3 is 2.79 bits per heavy atom. The molecule has 2 aromatic rings. The Morgan fingerprint density at radius 2 is 2.12 bits per heavy atom. The van der Waals surface area contributed by atoms with E-state index in [0.29, 0.717) is 17.8 Å². The molecule has 4 rings (SSSR count). The van der Waals surface area contributed by atoms with E-state index in [1.165, 1.54) is 0 Å². The first-order valence-corrected chi connectivity index (χ1v) is 9.64. The van der Waals surface area contributed by atoms with Crippen molar-refractivity contribution in [3.8, 4) is 10.7 Å². The monoisotopic (exact) mass is 348 g/mol. The van der Waals surface area contributed by atoms with E-state index in [2.05, 4.69) is 26.9 Å². The number of aliphatic hydroxyl groups excluding tert-OH is 1. The van der Waals surface area contributed by atoms with Gasteiger partial charge >= 0.3 is 0 Å². The van der Waals surface area contributed by atoms with Gasteiger partial charge in [-0.25, -0.2) is 0 Å². The molecule has 7 heteroatoms. The van der Waals surface area contributed by atoms with Crippen LogP contribution in [0.3, 0.4) is 0 Å². The quantitative estimate of drug-likeness (QED) is 0.915. The van der Waals surface area contributed by atoms with Gasteiger partial charge < -0.3 is 9.63 Å². The molecule has 130 valence electrons. The molecule has 6 nitrogen and oxygen atoms in total. The maximum Gasteiger partial charge on any atom is 0.244 e. The van der Waals surface area contributed by atoms with Crippen LogP contribution in [0, 0.1) is 0 Å². The van der Waals surface area contributed by atoms with E-state index >= 15 is 0 Å². The molecule has 0 amide bonds. The molecule has 1 saturated carbocycles. The van der Waals surface area contributed by atoms with Crippen LogP contribution in [0.5, 0.6) is 0 Å². The molecular weight excluding hydrogens is 324 g/mol. The highest BCUT2D eigenvalue weighted by atomic mass is 32.1. The number of hydrogen-bond acceptors (Lipinski definition) is 7. The van der Waals surface area contributed by atoms with E-state index < -0.39 is 0 Å². The van der Waals surface area contributed by atoms with Crippen molar-refractivity contribution in [3.05, 3.63) is 23.4 Å². The van der Waals surface area contributed by atoms with Crippen molar-refractivity contribution >= 4 is 11.3 Å². The van der Waals surface area contributed by atoms with Gasteiger partial charge in [0.05, 0.1) is 17.0 Å². The van der Waals surface area contributed by atoms with Crippen molar-refractivity contribution in [2.24, 2.45) is 0 Å². The second-order valence-corrected chi connectivity index (χ2v) is 7.69. The number of aromatic nitrogens is 2. The van der Waals surface area contributed by atoms with Crippen LogP contribution in [0.1, 0.15) is 38.1 Å². The van der Waals surface area contributed by atoms with Gasteiger partial charge in [-0.05, 0) is 37.6 Å². The number of hydrogen-bond donors (Lipinski definition) is 1. The molecule has 0 bridgehead atoms. The normalized spacial score (nSPS) is 27.6. The van der Waals surface area contributed by atoms with E-state index in [1.807, 2.05) is 17.5 Å². The summed E-state index contributed by atoms with van der Waals surface area (Å²) in [4.78, 5) is 10.5. The summed E-state index contributed by atoms with van der Waals surface area (Å²) in [7, 11) is 0. The maximum atomic E-state index is 10.1. The molecular formula is C17H24N4O2S. The summed E-state index contributed by atoms with van der Waals surface area (Å²) < 4.78 is 5.50. The fraction of sp³-hybridized carbons (Fsp3) is 0.647. The molecule has 1 aliphatic carbocycles. The zero-order valence-electron chi connectivity index (χ0n) is 14.0. The third kappa shape index (κ3) is 3.13. The molecule has 3 heterocycles. The molecule has 2 aromatic heterocycles. The van der Waals surface area contributed by atoms with Crippen LogP contribution in [0.4, 0.5) is 0 Å². The summed E-state index contributed by atoms with van der Waals surface area (Å²) in [6.07, 6.45) is 3.09. The molecule has 0 spiro atoms. The number of rotatable bonds is 4. The van der Waals surface area contributed by atoms with E-state index in [1.54, 1.807) is 11.3 Å². The summed E-state index contributed by atoms with van der Waals surface area (Å²) >= 11 is 1.62. The van der Waals surface area contributed by atoms with Crippen LogP contribution in [-0.2, 0) is 0 Å². The van der Waals surface area contributed by atoms with E-state index in [4.69, 9.17) is 4.52 Å². The fourth-order valence-electron chi connectivity index (χ4n) is 3.87. The molecule has 24 heavy (non-hydrogen) atoms. The van der Waals surface area contributed by atoms with Gasteiger partial charge in [-0.2, -0.15) is 4.98 Å². The molecule has 0 aromatic carbocycles. The van der Waals surface area contributed by atoms with Crippen LogP contribution in [0.25, 0.3) is 10.7 Å². The molecule has 1 aliphatic heterocycles. The summed E-state index contributed by atoms with van der Waals surface area (Å²) in [5, 5.41) is 16.2. The standard InChI is InChI=1S/C17H24N4O2S/c1-12(17-18-16(19-23-17)15-6-3-11-24-15)20-7-9-21(10-8-20)13-4-2-5-14(13)22/h3,6,11-14,22H,2,4-5,7-10H2,1H3/t12-,13-,14+/m1/s1. The molecule has 1 saturated heterocycles. The lowest BCUT2D eigenvalue weighted by molar-refractivity contribution is 0.0213. The zero-order valence-corrected chi connectivity index (χ0v) is 14.8. The van der Waals surface area contributed by atoms with Gasteiger partial charge in [0.1, 0.15) is 0 Å². The largest absolute Gasteiger partial charge is 0.391 e. The van der Waals surface area contributed by atoms with Crippen LogP contribution >= 0.6 is 11.3 Å². The Morgan fingerprint density at radius 1 is 1.29 bits per heavy atom. The van der Waals surface area contributed by atoms with Crippen molar-refractivity contribution < 1.29 is 9.63 Å². The van der Waals surface area contributed by atoms with E-state index in [0.717, 1.165) is 50.3 Å². The summed E-state index contributed by atoms with van der Waals surface area (Å²) in [6.45, 7) is 6.07. The van der Waals surface area contributed by atoms with Crippen molar-refractivity contribution in [1.82, 2.24) is 19.9 Å². The fourth-order valence-corrected chi connectivity index (χ4v) is 4.52. The second-order valence-electron chi connectivity index (χ2n) is 6.75. The van der Waals surface area contributed by atoms with Crippen molar-refractivity contribution in [3.63, 3.8) is 0 Å². The summed E-state index contributed by atoms with van der Waals surface area (Å²) in [5.74, 6) is 1.37. The first-order chi connectivity index (χ1) is 11.7. The van der Waals surface area contributed by atoms with Crippen LogP contribution in [0.15, 0.2) is 22.0 Å². The highest BCUT2D eigenvalue weighted by Gasteiger charge is 2.34. The second kappa shape index (κ2) is 6.92. The number of aliphatic hydroxyl groups is 1. The Labute approximate surface area is 146 Å². The lowest BCUT2D eigenvalue weighted by Crippen LogP contribution is -2.52. The zero-order chi connectivity index (χ0) is 16.5. The summed E-state index contributed by atoms with van der Waals surface area (Å²) in [5.41, 5.74) is 0. The predicted molar refractivity (Wildman–Crippen MR) is 92.8 cm³/mol. The Balaban J connectivity index is 1.37. The van der Waals surface area contributed by atoms with Gasteiger partial charge in [-0.3, -0.25) is 9.80 Å². The van der Waals surface area contributed by atoms with Gasteiger partial charge in [0.15, 0.2) is 0 Å². The number of piperazine rings is 1. The van der Waals surface area contributed by atoms with E-state index in [9.17, 15) is 5.11 Å². The van der Waals surface area contributed by atoms with Crippen molar-refractivity contribution in [2.45, 2.75) is 44.4 Å². The Bertz CT molecular complexity index is 651. The third-order valence-electron chi connectivity index (χ3n) is 5.35. The van der Waals surface area contributed by atoms with Crippen LogP contribution < -0.4 is 0 Å². The highest BCUT2D eigenvalue weighted by molar-refractivity contribution is 7.13. The Hall–Kier alpha value is -1.28. The van der Waals surface area contributed by atoms with Gasteiger partial charge in [-0.15, -0.1) is 11.3 Å². The lowest BCUT2D eigenvalue weighted by atomic mass is 10.1. The first kappa shape index (κ1) is 16.2. The molecule has 2 fully saturated rings. The summed E-state index contributed by atoms with van der Waals surface area (Å²) in [6, 6.07) is 4.49. The minimum Gasteiger partial charge on any atom is -0.391 e. The molecule has 0 unspecified atom stereocenters. The van der Waals surface area contributed by atoms with Crippen LogP contribution in [-0.4, -0.2) is 63.4 Å². The third-order valence-corrected chi connectivity index (χ3v) is 6.22. The maximum absolute atomic E-state index is 10.1. The SMILES string of the molecule is C[C@H](c1nc(-c2cccs2)no1)N1CCN([C@@H]2CCC[C@@H]2O)CC1. The molecule has 3 atom stereocenters. The van der Waals surface area contributed by atoms with Gasteiger partial charge in [-0.1, -0.05) is 11.2 Å². The number of thiophene rings is 1. The Kier molecular flexibility index (Phi) is 4.67. The average molecular weight is 348 g/mol. The van der Waals surface area contributed by atoms with Gasteiger partial charge in [0.2, 0.25) is 11.7 Å². The predicted octanol–water partition coefficient (Wildman–Crippen LogP) is 2.39. The van der Waals surface area contributed by atoms with Crippen molar-refractivity contribution in [1.29, 1.82) is 0 Å². The highest BCUT2D eigenvalue weighted by Crippen LogP contribution is 2.28. The molecule has 1 N–H and O–H groups in total. The minimum atomic E-state index is -0.140. The minimum absolute atomic E-state index is 0.127.